The lowest BCUT2D eigenvalue weighted by atomic mass is 9.91. The molecule has 3 nitrogen and oxygen atoms in total. The van der Waals surface area contributed by atoms with Crippen molar-refractivity contribution < 1.29 is 13.6 Å². The number of nitrogens with two attached hydrogens (primary N) is 1. The van der Waals surface area contributed by atoms with Crippen LogP contribution in [0.15, 0.2) is 0 Å². The van der Waals surface area contributed by atoms with Crippen LogP contribution in [0.5, 0.6) is 0 Å². The number of likely N-dealkylation sites (tertiary alicyclic amines) is 1. The summed E-state index contributed by atoms with van der Waals surface area (Å²) in [6.45, 7) is 2.70. The Labute approximate surface area is 82.2 Å². The maximum atomic E-state index is 12.1. The van der Waals surface area contributed by atoms with E-state index in [1.165, 1.54) is 4.90 Å². The molecule has 0 aliphatic carbocycles. The first-order chi connectivity index (χ1) is 6.56. The molecule has 82 valence electrons. The molecule has 0 bridgehead atoms. The monoisotopic (exact) mass is 206 g/mol. The zero-order chi connectivity index (χ0) is 10.7. The van der Waals surface area contributed by atoms with Crippen LogP contribution in [0.3, 0.4) is 0 Å². The number of carbonyl (C=O) groups is 1. The standard InChI is InChI=1S/C9H16F2N2O/c1-2-6-5-13(4-3-7(6)12)9(14)8(10)11/h6-8H,2-5,12H2,1H3. The highest BCUT2D eigenvalue weighted by atomic mass is 19.3. The van der Waals surface area contributed by atoms with Gasteiger partial charge in [0, 0.05) is 19.1 Å². The number of carbonyl (C=O) groups excluding carboxylic acids is 1. The Morgan fingerprint density at radius 1 is 1.64 bits per heavy atom. The van der Waals surface area contributed by atoms with Crippen molar-refractivity contribution in [3.8, 4) is 0 Å². The Morgan fingerprint density at radius 2 is 2.29 bits per heavy atom. The second kappa shape index (κ2) is 4.68. The fourth-order valence-electron chi connectivity index (χ4n) is 1.82. The van der Waals surface area contributed by atoms with Gasteiger partial charge in [0.25, 0.3) is 5.91 Å². The molecule has 2 N–H and O–H groups in total. The first-order valence-electron chi connectivity index (χ1n) is 4.88. The summed E-state index contributed by atoms with van der Waals surface area (Å²) < 4.78 is 24.2. The summed E-state index contributed by atoms with van der Waals surface area (Å²) >= 11 is 0. The highest BCUT2D eigenvalue weighted by Gasteiger charge is 2.31. The van der Waals surface area contributed by atoms with E-state index in [0.29, 0.717) is 19.5 Å². The van der Waals surface area contributed by atoms with Crippen molar-refractivity contribution in [2.75, 3.05) is 13.1 Å². The molecule has 1 aliphatic rings. The molecule has 1 saturated heterocycles. The van der Waals surface area contributed by atoms with Crippen molar-refractivity contribution in [1.29, 1.82) is 0 Å². The van der Waals surface area contributed by atoms with Crippen molar-refractivity contribution in [2.45, 2.75) is 32.2 Å². The highest BCUT2D eigenvalue weighted by Crippen LogP contribution is 2.19. The van der Waals surface area contributed by atoms with Gasteiger partial charge < -0.3 is 10.6 Å². The minimum absolute atomic E-state index is 0.0433. The molecule has 1 rings (SSSR count). The smallest absolute Gasteiger partial charge is 0.315 e. The molecule has 0 saturated carbocycles. The molecule has 0 aromatic carbocycles. The third-order valence-corrected chi connectivity index (χ3v) is 2.82. The predicted octanol–water partition coefficient (Wildman–Crippen LogP) is 0.837. The molecule has 0 aromatic heterocycles. The maximum Gasteiger partial charge on any atom is 0.315 e. The van der Waals surface area contributed by atoms with Gasteiger partial charge in [0.1, 0.15) is 0 Å². The lowest BCUT2D eigenvalue weighted by molar-refractivity contribution is -0.144. The van der Waals surface area contributed by atoms with Gasteiger partial charge in [0.15, 0.2) is 0 Å². The van der Waals surface area contributed by atoms with Crippen molar-refractivity contribution in [3.05, 3.63) is 0 Å². The SMILES string of the molecule is CCC1CN(C(=O)C(F)F)CCC1N. The lowest BCUT2D eigenvalue weighted by Crippen LogP contribution is -2.50. The van der Waals surface area contributed by atoms with Crippen LogP contribution in [0.4, 0.5) is 8.78 Å². The Kier molecular flexibility index (Phi) is 3.80. The molecule has 0 aromatic rings. The van der Waals surface area contributed by atoms with Crippen molar-refractivity contribution in [2.24, 2.45) is 11.7 Å². The van der Waals surface area contributed by atoms with Gasteiger partial charge in [-0.1, -0.05) is 13.3 Å². The summed E-state index contributed by atoms with van der Waals surface area (Å²) in [4.78, 5) is 12.2. The molecular weight excluding hydrogens is 190 g/mol. The Balaban J connectivity index is 2.54. The van der Waals surface area contributed by atoms with Crippen LogP contribution in [0.25, 0.3) is 0 Å². The normalized spacial score (nSPS) is 28.2. The Bertz CT molecular complexity index is 211. The Morgan fingerprint density at radius 3 is 2.79 bits per heavy atom. The summed E-state index contributed by atoms with van der Waals surface area (Å²) in [5.41, 5.74) is 5.80. The third-order valence-electron chi connectivity index (χ3n) is 2.82. The van der Waals surface area contributed by atoms with Crippen LogP contribution < -0.4 is 5.73 Å². The van der Waals surface area contributed by atoms with Gasteiger partial charge in [-0.05, 0) is 12.3 Å². The number of rotatable bonds is 2. The summed E-state index contributed by atoms with van der Waals surface area (Å²) in [5, 5.41) is 0. The summed E-state index contributed by atoms with van der Waals surface area (Å²) in [5.74, 6) is -0.901. The first kappa shape index (κ1) is 11.4. The zero-order valence-corrected chi connectivity index (χ0v) is 8.25. The van der Waals surface area contributed by atoms with Crippen molar-refractivity contribution in [1.82, 2.24) is 4.90 Å². The summed E-state index contributed by atoms with van der Waals surface area (Å²) in [6.07, 6.45) is -1.44. The number of hydrogen-bond acceptors (Lipinski definition) is 2. The van der Waals surface area contributed by atoms with Crippen LogP contribution in [0, 0.1) is 5.92 Å². The predicted molar refractivity (Wildman–Crippen MR) is 49.0 cm³/mol. The molecule has 1 heterocycles. The molecule has 5 heteroatoms. The van der Waals surface area contributed by atoms with E-state index in [4.69, 9.17) is 5.73 Å². The molecular formula is C9H16F2N2O. The maximum absolute atomic E-state index is 12.1. The third kappa shape index (κ3) is 2.41. The minimum atomic E-state index is -2.89. The number of piperidine rings is 1. The van der Waals surface area contributed by atoms with E-state index in [0.717, 1.165) is 6.42 Å². The van der Waals surface area contributed by atoms with Crippen molar-refractivity contribution in [3.63, 3.8) is 0 Å². The van der Waals surface area contributed by atoms with Gasteiger partial charge >= 0.3 is 6.43 Å². The summed E-state index contributed by atoms with van der Waals surface area (Å²) in [7, 11) is 0. The van der Waals surface area contributed by atoms with Gasteiger partial charge in [-0.2, -0.15) is 8.78 Å². The molecule has 2 unspecified atom stereocenters. The van der Waals surface area contributed by atoms with Crippen LogP contribution in [-0.2, 0) is 4.79 Å². The largest absolute Gasteiger partial charge is 0.337 e. The number of halogens is 2. The molecule has 14 heavy (non-hydrogen) atoms. The van der Waals surface area contributed by atoms with Crippen LogP contribution in [-0.4, -0.2) is 36.4 Å². The Hall–Kier alpha value is -0.710. The molecule has 1 aliphatic heterocycles. The van der Waals surface area contributed by atoms with E-state index >= 15 is 0 Å². The van der Waals surface area contributed by atoms with Crippen molar-refractivity contribution >= 4 is 5.91 Å². The van der Waals surface area contributed by atoms with Crippen LogP contribution >= 0.6 is 0 Å². The van der Waals surface area contributed by atoms with E-state index < -0.39 is 12.3 Å². The quantitative estimate of drug-likeness (QED) is 0.727. The average Bonchev–Trinajstić information content (AvgIpc) is 2.17. The first-order valence-corrected chi connectivity index (χ1v) is 4.88. The van der Waals surface area contributed by atoms with E-state index in [1.54, 1.807) is 0 Å². The average molecular weight is 206 g/mol. The van der Waals surface area contributed by atoms with Gasteiger partial charge in [-0.3, -0.25) is 4.79 Å². The van der Waals surface area contributed by atoms with E-state index in [-0.39, 0.29) is 12.0 Å². The zero-order valence-electron chi connectivity index (χ0n) is 8.25. The van der Waals surface area contributed by atoms with E-state index in [2.05, 4.69) is 0 Å². The lowest BCUT2D eigenvalue weighted by Gasteiger charge is -2.36. The number of nitrogens with zero attached hydrogens (tertiary/aromatic N) is 1. The number of amides is 1. The van der Waals surface area contributed by atoms with Crippen LogP contribution in [0.1, 0.15) is 19.8 Å². The second-order valence-electron chi connectivity index (χ2n) is 3.71. The molecule has 1 amide bonds. The molecule has 2 atom stereocenters. The van der Waals surface area contributed by atoms with Gasteiger partial charge in [-0.15, -0.1) is 0 Å². The second-order valence-corrected chi connectivity index (χ2v) is 3.71. The minimum Gasteiger partial charge on any atom is -0.337 e. The fourth-order valence-corrected chi connectivity index (χ4v) is 1.82. The van der Waals surface area contributed by atoms with E-state index in [9.17, 15) is 13.6 Å². The molecule has 0 radical (unpaired) electrons. The van der Waals surface area contributed by atoms with Crippen LogP contribution in [0.2, 0.25) is 0 Å². The van der Waals surface area contributed by atoms with Gasteiger partial charge in [-0.25, -0.2) is 0 Å². The fraction of sp³-hybridized carbons (Fsp3) is 0.889. The molecule has 0 spiro atoms. The number of alkyl halides is 2. The van der Waals surface area contributed by atoms with Gasteiger partial charge in [0.2, 0.25) is 0 Å². The highest BCUT2D eigenvalue weighted by molar-refractivity contribution is 5.79. The number of hydrogen-bond donors (Lipinski definition) is 1. The topological polar surface area (TPSA) is 46.3 Å². The molecule has 1 fully saturated rings. The summed E-state index contributed by atoms with van der Waals surface area (Å²) in [6, 6.07) is 0.0433. The van der Waals surface area contributed by atoms with E-state index in [1.807, 2.05) is 6.92 Å². The van der Waals surface area contributed by atoms with Gasteiger partial charge in [0.05, 0.1) is 0 Å².